The van der Waals surface area contributed by atoms with Crippen molar-refractivity contribution in [2.45, 2.75) is 51.6 Å². The Bertz CT molecular complexity index is 290. The molecule has 0 aromatic rings. The molecule has 0 bridgehead atoms. The first-order chi connectivity index (χ1) is 9.20. The lowest BCUT2D eigenvalue weighted by atomic mass is 9.87. The van der Waals surface area contributed by atoms with Crippen molar-refractivity contribution in [2.75, 3.05) is 26.2 Å². The molecule has 0 aromatic heterocycles. The molecule has 0 aromatic carbocycles. The molecule has 3 unspecified atom stereocenters. The second-order valence-electron chi connectivity index (χ2n) is 6.13. The average Bonchev–Trinajstić information content (AvgIpc) is 2.46. The number of hydrogen-bond acceptors (Lipinski definition) is 3. The van der Waals surface area contributed by atoms with Gasteiger partial charge in [0.25, 0.3) is 0 Å². The zero-order chi connectivity index (χ0) is 13.7. The molecule has 1 amide bonds. The average molecular weight is 268 g/mol. The first kappa shape index (κ1) is 14.8. The smallest absolute Gasteiger partial charge is 0.222 e. The molecule has 3 atom stereocenters. The van der Waals surface area contributed by atoms with Gasteiger partial charge in [-0.25, -0.2) is 0 Å². The summed E-state index contributed by atoms with van der Waals surface area (Å²) in [5.41, 5.74) is 5.79. The van der Waals surface area contributed by atoms with Crippen LogP contribution in [0.3, 0.4) is 0 Å². The van der Waals surface area contributed by atoms with Crippen molar-refractivity contribution in [3.05, 3.63) is 0 Å². The molecule has 19 heavy (non-hydrogen) atoms. The second-order valence-corrected chi connectivity index (χ2v) is 6.13. The van der Waals surface area contributed by atoms with Gasteiger partial charge in [0.15, 0.2) is 0 Å². The number of nitrogens with two attached hydrogens (primary N) is 1. The van der Waals surface area contributed by atoms with Crippen LogP contribution < -0.4 is 5.73 Å². The first-order valence-electron chi connectivity index (χ1n) is 7.80. The van der Waals surface area contributed by atoms with Gasteiger partial charge >= 0.3 is 0 Å². The number of carbonyl (C=O) groups is 1. The molecule has 2 fully saturated rings. The van der Waals surface area contributed by atoms with E-state index in [1.807, 2.05) is 4.90 Å². The standard InChI is InChI=1S/C15H28N2O2/c1-12-7-8-17(11-13(12)10-16)15(18)6-5-14-4-2-3-9-19-14/h12-14H,2-11,16H2,1H3. The van der Waals surface area contributed by atoms with Crippen molar-refractivity contribution in [3.8, 4) is 0 Å². The van der Waals surface area contributed by atoms with Gasteiger partial charge in [-0.05, 0) is 50.5 Å². The van der Waals surface area contributed by atoms with E-state index >= 15 is 0 Å². The molecular weight excluding hydrogens is 240 g/mol. The molecule has 2 saturated heterocycles. The topological polar surface area (TPSA) is 55.6 Å². The minimum atomic E-state index is 0.291. The Labute approximate surface area is 116 Å². The third-order valence-corrected chi connectivity index (χ3v) is 4.72. The van der Waals surface area contributed by atoms with Crippen LogP contribution in [0.5, 0.6) is 0 Å². The van der Waals surface area contributed by atoms with Crippen LogP contribution in [0.15, 0.2) is 0 Å². The van der Waals surface area contributed by atoms with Crippen molar-refractivity contribution < 1.29 is 9.53 Å². The first-order valence-corrected chi connectivity index (χ1v) is 7.80. The molecule has 2 aliphatic heterocycles. The van der Waals surface area contributed by atoms with E-state index in [0.29, 0.717) is 36.8 Å². The Balaban J connectivity index is 1.73. The summed E-state index contributed by atoms with van der Waals surface area (Å²) in [6.45, 7) is 5.56. The fraction of sp³-hybridized carbons (Fsp3) is 0.933. The van der Waals surface area contributed by atoms with Gasteiger partial charge in [-0.15, -0.1) is 0 Å². The molecule has 2 N–H and O–H groups in total. The summed E-state index contributed by atoms with van der Waals surface area (Å²) in [5.74, 6) is 1.42. The Hall–Kier alpha value is -0.610. The van der Waals surface area contributed by atoms with E-state index in [1.54, 1.807) is 0 Å². The summed E-state index contributed by atoms with van der Waals surface area (Å²) >= 11 is 0. The minimum Gasteiger partial charge on any atom is -0.378 e. The SMILES string of the molecule is CC1CCN(C(=O)CCC2CCCCO2)CC1CN. The highest BCUT2D eigenvalue weighted by molar-refractivity contribution is 5.76. The number of likely N-dealkylation sites (tertiary alicyclic amines) is 1. The highest BCUT2D eigenvalue weighted by Gasteiger charge is 2.28. The van der Waals surface area contributed by atoms with Crippen molar-refractivity contribution in [2.24, 2.45) is 17.6 Å². The molecule has 0 saturated carbocycles. The molecule has 0 aliphatic carbocycles. The quantitative estimate of drug-likeness (QED) is 0.845. The van der Waals surface area contributed by atoms with Gasteiger partial charge in [0.05, 0.1) is 6.10 Å². The van der Waals surface area contributed by atoms with Gasteiger partial charge in [0, 0.05) is 26.1 Å². The summed E-state index contributed by atoms with van der Waals surface area (Å²) in [5, 5.41) is 0. The fourth-order valence-corrected chi connectivity index (χ4v) is 3.16. The maximum Gasteiger partial charge on any atom is 0.222 e. The van der Waals surface area contributed by atoms with Gasteiger partial charge in [-0.3, -0.25) is 4.79 Å². The van der Waals surface area contributed by atoms with E-state index in [9.17, 15) is 4.79 Å². The maximum atomic E-state index is 12.2. The number of hydrogen-bond donors (Lipinski definition) is 1. The predicted octanol–water partition coefficient (Wildman–Crippen LogP) is 1.78. The normalized spacial score (nSPS) is 32.3. The summed E-state index contributed by atoms with van der Waals surface area (Å²) in [7, 11) is 0. The number of nitrogens with zero attached hydrogens (tertiary/aromatic N) is 1. The number of amides is 1. The van der Waals surface area contributed by atoms with Crippen LogP contribution in [0, 0.1) is 11.8 Å². The van der Waals surface area contributed by atoms with Crippen LogP contribution in [0.4, 0.5) is 0 Å². The van der Waals surface area contributed by atoms with E-state index in [0.717, 1.165) is 39.0 Å². The number of carbonyl (C=O) groups excluding carboxylic acids is 1. The highest BCUT2D eigenvalue weighted by Crippen LogP contribution is 2.23. The minimum absolute atomic E-state index is 0.291. The molecule has 110 valence electrons. The van der Waals surface area contributed by atoms with Gasteiger partial charge < -0.3 is 15.4 Å². The second kappa shape index (κ2) is 7.25. The molecule has 2 heterocycles. The van der Waals surface area contributed by atoms with Crippen molar-refractivity contribution in [3.63, 3.8) is 0 Å². The summed E-state index contributed by atoms with van der Waals surface area (Å²) in [6.07, 6.45) is 6.46. The van der Waals surface area contributed by atoms with Crippen LogP contribution in [0.2, 0.25) is 0 Å². The Morgan fingerprint density at radius 3 is 2.89 bits per heavy atom. The van der Waals surface area contributed by atoms with Gasteiger partial charge in [0.1, 0.15) is 0 Å². The molecule has 0 radical (unpaired) electrons. The summed E-state index contributed by atoms with van der Waals surface area (Å²) < 4.78 is 5.68. The Morgan fingerprint density at radius 2 is 2.21 bits per heavy atom. The monoisotopic (exact) mass is 268 g/mol. The van der Waals surface area contributed by atoms with Crippen LogP contribution >= 0.6 is 0 Å². The van der Waals surface area contributed by atoms with Crippen molar-refractivity contribution >= 4 is 5.91 Å². The lowest BCUT2D eigenvalue weighted by Crippen LogP contribution is -2.45. The summed E-state index contributed by atoms with van der Waals surface area (Å²) in [4.78, 5) is 14.3. The predicted molar refractivity (Wildman–Crippen MR) is 75.7 cm³/mol. The van der Waals surface area contributed by atoms with Crippen molar-refractivity contribution in [1.82, 2.24) is 4.90 Å². The van der Waals surface area contributed by atoms with Gasteiger partial charge in [0.2, 0.25) is 5.91 Å². The Morgan fingerprint density at radius 1 is 1.37 bits per heavy atom. The molecule has 2 aliphatic rings. The molecule has 4 nitrogen and oxygen atoms in total. The zero-order valence-corrected chi connectivity index (χ0v) is 12.1. The summed E-state index contributed by atoms with van der Waals surface area (Å²) in [6, 6.07) is 0. The highest BCUT2D eigenvalue weighted by atomic mass is 16.5. The van der Waals surface area contributed by atoms with E-state index in [4.69, 9.17) is 10.5 Å². The van der Waals surface area contributed by atoms with Crippen LogP contribution in [0.25, 0.3) is 0 Å². The maximum absolute atomic E-state index is 12.2. The molecule has 0 spiro atoms. The van der Waals surface area contributed by atoms with Crippen LogP contribution in [-0.2, 0) is 9.53 Å². The molecule has 2 rings (SSSR count). The number of rotatable bonds is 4. The Kier molecular flexibility index (Phi) is 5.64. The van der Waals surface area contributed by atoms with E-state index in [1.165, 1.54) is 12.8 Å². The fourth-order valence-electron chi connectivity index (χ4n) is 3.16. The van der Waals surface area contributed by atoms with Crippen molar-refractivity contribution in [1.29, 1.82) is 0 Å². The van der Waals surface area contributed by atoms with E-state index < -0.39 is 0 Å². The van der Waals surface area contributed by atoms with Crippen LogP contribution in [-0.4, -0.2) is 43.2 Å². The largest absolute Gasteiger partial charge is 0.378 e. The third-order valence-electron chi connectivity index (χ3n) is 4.72. The lowest BCUT2D eigenvalue weighted by molar-refractivity contribution is -0.134. The lowest BCUT2D eigenvalue weighted by Gasteiger charge is -2.37. The zero-order valence-electron chi connectivity index (χ0n) is 12.1. The number of piperidine rings is 1. The van der Waals surface area contributed by atoms with E-state index in [-0.39, 0.29) is 0 Å². The van der Waals surface area contributed by atoms with Gasteiger partial charge in [-0.1, -0.05) is 6.92 Å². The van der Waals surface area contributed by atoms with E-state index in [2.05, 4.69) is 6.92 Å². The molecular formula is C15H28N2O2. The van der Waals surface area contributed by atoms with Crippen LogP contribution in [0.1, 0.15) is 45.4 Å². The third kappa shape index (κ3) is 4.18. The van der Waals surface area contributed by atoms with Gasteiger partial charge in [-0.2, -0.15) is 0 Å². The number of ether oxygens (including phenoxy) is 1. The molecule has 4 heteroatoms.